The summed E-state index contributed by atoms with van der Waals surface area (Å²) < 4.78 is 13.3. The number of carbonyl (C=O) groups is 1. The first kappa shape index (κ1) is 17.8. The van der Waals surface area contributed by atoms with Crippen molar-refractivity contribution in [3.8, 4) is 5.69 Å². The Morgan fingerprint density at radius 2 is 2.24 bits per heavy atom. The Balaban J connectivity index is 1.46. The number of hydrogen-bond acceptors (Lipinski definition) is 4. The van der Waals surface area contributed by atoms with Gasteiger partial charge in [0, 0.05) is 31.6 Å². The highest BCUT2D eigenvalue weighted by atomic mass is 32.1. The van der Waals surface area contributed by atoms with E-state index < -0.39 is 0 Å². The first-order valence-electron chi connectivity index (χ1n) is 8.59. The highest BCUT2D eigenvalue weighted by Gasteiger charge is 2.15. The van der Waals surface area contributed by atoms with Crippen LogP contribution in [0.3, 0.4) is 0 Å². The molecule has 0 radical (unpaired) electrons. The first-order chi connectivity index (χ1) is 12.3. The third kappa shape index (κ3) is 4.78. The number of hydrogen-bond donors (Lipinski definition) is 2. The second-order valence-corrected chi connectivity index (χ2v) is 6.36. The molecule has 1 saturated heterocycles. The summed E-state index contributed by atoms with van der Waals surface area (Å²) in [6, 6.07) is 9.59. The minimum Gasteiger partial charge on any atom is -0.379 e. The summed E-state index contributed by atoms with van der Waals surface area (Å²) in [6.07, 6.45) is 4.83. The Morgan fingerprint density at radius 3 is 3.00 bits per heavy atom. The number of imidazole rings is 1. The number of aromatic amines is 1. The predicted molar refractivity (Wildman–Crippen MR) is 97.7 cm³/mol. The standard InChI is InChI=1S/C18H23N3O3S/c22-17(19-9-5-10-23-13-15-8-4-11-24-15)16-12-20-18(25)21(16)14-6-2-1-3-7-14/h1-3,6-7,12,15H,4-5,8-11,13H2,(H,19,22)(H,20,25). The Morgan fingerprint density at radius 1 is 1.40 bits per heavy atom. The van der Waals surface area contributed by atoms with E-state index in [4.69, 9.17) is 21.7 Å². The topological polar surface area (TPSA) is 68.3 Å². The van der Waals surface area contributed by atoms with Crippen LogP contribution in [0.15, 0.2) is 36.5 Å². The van der Waals surface area contributed by atoms with Crippen LogP contribution in [0.1, 0.15) is 29.8 Å². The number of carbonyl (C=O) groups excluding carboxylic acids is 1. The van der Waals surface area contributed by atoms with Crippen molar-refractivity contribution in [3.63, 3.8) is 0 Å². The maximum absolute atomic E-state index is 12.4. The molecular formula is C18H23N3O3S. The molecule has 1 aromatic carbocycles. The van der Waals surface area contributed by atoms with Crippen LogP contribution < -0.4 is 5.32 Å². The zero-order valence-corrected chi connectivity index (χ0v) is 14.9. The smallest absolute Gasteiger partial charge is 0.269 e. The second kappa shape index (κ2) is 8.94. The van der Waals surface area contributed by atoms with Gasteiger partial charge in [-0.3, -0.25) is 9.36 Å². The number of aromatic nitrogens is 2. The molecule has 0 spiro atoms. The minimum absolute atomic E-state index is 0.157. The minimum atomic E-state index is -0.157. The molecule has 0 bridgehead atoms. The van der Waals surface area contributed by atoms with Gasteiger partial charge in [-0.25, -0.2) is 0 Å². The van der Waals surface area contributed by atoms with Gasteiger partial charge < -0.3 is 19.8 Å². The van der Waals surface area contributed by atoms with Gasteiger partial charge in [0.25, 0.3) is 5.91 Å². The highest BCUT2D eigenvalue weighted by molar-refractivity contribution is 7.71. The molecule has 2 aromatic rings. The van der Waals surface area contributed by atoms with Crippen LogP contribution >= 0.6 is 12.2 Å². The summed E-state index contributed by atoms with van der Waals surface area (Å²) in [4.78, 5) is 15.4. The van der Waals surface area contributed by atoms with Crippen LogP contribution in [-0.2, 0) is 9.47 Å². The van der Waals surface area contributed by atoms with Gasteiger partial charge in [-0.15, -0.1) is 0 Å². The molecule has 1 unspecified atom stereocenters. The van der Waals surface area contributed by atoms with Gasteiger partial charge in [0.05, 0.1) is 12.7 Å². The number of para-hydroxylation sites is 1. The molecule has 25 heavy (non-hydrogen) atoms. The van der Waals surface area contributed by atoms with Gasteiger partial charge in [-0.05, 0) is 43.6 Å². The fourth-order valence-corrected chi connectivity index (χ4v) is 3.09. The van der Waals surface area contributed by atoms with E-state index in [9.17, 15) is 4.79 Å². The van der Waals surface area contributed by atoms with Crippen LogP contribution in [-0.4, -0.2) is 47.9 Å². The molecule has 2 N–H and O–H groups in total. The number of H-pyrrole nitrogens is 1. The number of ether oxygens (including phenoxy) is 2. The summed E-state index contributed by atoms with van der Waals surface area (Å²) >= 11 is 5.29. The van der Waals surface area contributed by atoms with Crippen molar-refractivity contribution in [2.75, 3.05) is 26.4 Å². The lowest BCUT2D eigenvalue weighted by molar-refractivity contribution is 0.0166. The number of amides is 1. The lowest BCUT2D eigenvalue weighted by Gasteiger charge is -2.11. The van der Waals surface area contributed by atoms with Crippen molar-refractivity contribution in [2.24, 2.45) is 0 Å². The monoisotopic (exact) mass is 361 g/mol. The highest BCUT2D eigenvalue weighted by Crippen LogP contribution is 2.13. The van der Waals surface area contributed by atoms with Crippen LogP contribution in [0.4, 0.5) is 0 Å². The largest absolute Gasteiger partial charge is 0.379 e. The van der Waals surface area contributed by atoms with E-state index in [1.54, 1.807) is 10.8 Å². The average Bonchev–Trinajstić information content (AvgIpc) is 3.28. The lowest BCUT2D eigenvalue weighted by Crippen LogP contribution is -2.27. The Bertz CT molecular complexity index is 736. The molecule has 1 atom stereocenters. The molecule has 1 amide bonds. The van der Waals surface area contributed by atoms with Gasteiger partial charge in [0.2, 0.25) is 0 Å². The number of nitrogens with zero attached hydrogens (tertiary/aromatic N) is 1. The zero-order chi connectivity index (χ0) is 17.5. The number of nitrogens with one attached hydrogen (secondary N) is 2. The van der Waals surface area contributed by atoms with Crippen molar-refractivity contribution < 1.29 is 14.3 Å². The summed E-state index contributed by atoms with van der Waals surface area (Å²) in [5.41, 5.74) is 1.36. The predicted octanol–water partition coefficient (Wildman–Crippen LogP) is 2.85. The van der Waals surface area contributed by atoms with Gasteiger partial charge >= 0.3 is 0 Å². The van der Waals surface area contributed by atoms with E-state index >= 15 is 0 Å². The van der Waals surface area contributed by atoms with E-state index in [-0.39, 0.29) is 12.0 Å². The Labute approximate surface area is 152 Å². The summed E-state index contributed by atoms with van der Waals surface area (Å²) in [7, 11) is 0. The fourth-order valence-electron chi connectivity index (χ4n) is 2.83. The molecular weight excluding hydrogens is 338 g/mol. The van der Waals surface area contributed by atoms with E-state index in [1.165, 1.54) is 0 Å². The van der Waals surface area contributed by atoms with Crippen LogP contribution in [0.25, 0.3) is 5.69 Å². The molecule has 6 nitrogen and oxygen atoms in total. The third-order valence-corrected chi connectivity index (χ3v) is 4.40. The molecule has 7 heteroatoms. The maximum atomic E-state index is 12.4. The quantitative estimate of drug-likeness (QED) is 0.560. The van der Waals surface area contributed by atoms with Gasteiger partial charge in [-0.1, -0.05) is 18.2 Å². The SMILES string of the molecule is O=C(NCCCOCC1CCCO1)c1c[nH]c(=S)n1-c1ccccc1. The summed E-state index contributed by atoms with van der Waals surface area (Å²) in [6.45, 7) is 2.64. The van der Waals surface area contributed by atoms with Gasteiger partial charge in [-0.2, -0.15) is 0 Å². The van der Waals surface area contributed by atoms with Crippen molar-refractivity contribution in [1.82, 2.24) is 14.9 Å². The summed E-state index contributed by atoms with van der Waals surface area (Å²) in [5, 5.41) is 2.91. The van der Waals surface area contributed by atoms with Gasteiger partial charge in [0.1, 0.15) is 5.69 Å². The molecule has 3 rings (SSSR count). The molecule has 1 aliphatic heterocycles. The zero-order valence-electron chi connectivity index (χ0n) is 14.1. The van der Waals surface area contributed by atoms with E-state index in [0.717, 1.165) is 31.6 Å². The first-order valence-corrected chi connectivity index (χ1v) is 9.00. The molecule has 0 saturated carbocycles. The van der Waals surface area contributed by atoms with Crippen LogP contribution in [0.2, 0.25) is 0 Å². The lowest BCUT2D eigenvalue weighted by atomic mass is 10.2. The third-order valence-electron chi connectivity index (χ3n) is 4.10. The van der Waals surface area contributed by atoms with Crippen molar-refractivity contribution in [3.05, 3.63) is 47.0 Å². The second-order valence-electron chi connectivity index (χ2n) is 5.97. The van der Waals surface area contributed by atoms with Crippen molar-refractivity contribution in [2.45, 2.75) is 25.4 Å². The molecule has 1 fully saturated rings. The van der Waals surface area contributed by atoms with Crippen LogP contribution in [0.5, 0.6) is 0 Å². The van der Waals surface area contributed by atoms with Crippen molar-refractivity contribution >= 4 is 18.1 Å². The molecule has 1 aliphatic rings. The van der Waals surface area contributed by atoms with Crippen LogP contribution in [0, 0.1) is 4.77 Å². The van der Waals surface area contributed by atoms with E-state index in [1.807, 2.05) is 30.3 Å². The fraction of sp³-hybridized carbons (Fsp3) is 0.444. The molecule has 134 valence electrons. The molecule has 1 aromatic heterocycles. The Kier molecular flexibility index (Phi) is 6.38. The summed E-state index contributed by atoms with van der Waals surface area (Å²) in [5.74, 6) is -0.157. The molecule has 0 aliphatic carbocycles. The van der Waals surface area contributed by atoms with E-state index in [2.05, 4.69) is 10.3 Å². The number of rotatable bonds is 8. The normalized spacial score (nSPS) is 16.9. The molecule has 2 heterocycles. The van der Waals surface area contributed by atoms with Gasteiger partial charge in [0.15, 0.2) is 4.77 Å². The van der Waals surface area contributed by atoms with Crippen molar-refractivity contribution in [1.29, 1.82) is 0 Å². The van der Waals surface area contributed by atoms with E-state index in [0.29, 0.717) is 30.2 Å². The maximum Gasteiger partial charge on any atom is 0.269 e. The Hall–Kier alpha value is -1.96. The number of benzene rings is 1. The average molecular weight is 361 g/mol.